The number of anilines is 2. The molecule has 0 radical (unpaired) electrons. The molecule has 23 heavy (non-hydrogen) atoms. The lowest BCUT2D eigenvalue weighted by molar-refractivity contribution is -0.145. The van der Waals surface area contributed by atoms with Crippen molar-refractivity contribution in [2.45, 2.75) is 19.4 Å². The minimum Gasteiger partial charge on any atom is -0.464 e. The summed E-state index contributed by atoms with van der Waals surface area (Å²) in [4.78, 5) is 30.7. The zero-order valence-electron chi connectivity index (χ0n) is 13.2. The van der Waals surface area contributed by atoms with Gasteiger partial charge in [-0.25, -0.2) is 4.98 Å². The zero-order valence-corrected chi connectivity index (χ0v) is 13.2. The second-order valence-electron chi connectivity index (χ2n) is 5.65. The highest BCUT2D eigenvalue weighted by Crippen LogP contribution is 2.35. The highest BCUT2D eigenvalue weighted by Gasteiger charge is 2.50. The fraction of sp³-hybridized carbons (Fsp3) is 0.235. The second kappa shape index (κ2) is 5.39. The number of likely N-dealkylation sites (N-methyl/N-ethyl adjacent to an activating group) is 1. The molecule has 1 aliphatic rings. The van der Waals surface area contributed by atoms with Crippen molar-refractivity contribution in [3.63, 3.8) is 0 Å². The number of pyridine rings is 1. The Labute approximate surface area is 134 Å². The topological polar surface area (TPSA) is 71.5 Å². The Kier molecular flexibility index (Phi) is 3.52. The first-order valence-electron chi connectivity index (χ1n) is 7.22. The Morgan fingerprint density at radius 1 is 1.30 bits per heavy atom. The summed E-state index contributed by atoms with van der Waals surface area (Å²) in [6, 6.07) is 10.7. The van der Waals surface area contributed by atoms with Crippen molar-refractivity contribution < 1.29 is 14.3 Å². The molecular weight excluding hydrogens is 294 g/mol. The quantitative estimate of drug-likeness (QED) is 0.863. The fourth-order valence-corrected chi connectivity index (χ4v) is 2.51. The van der Waals surface area contributed by atoms with E-state index >= 15 is 0 Å². The number of aryl methyl sites for hydroxylation is 1. The maximum atomic E-state index is 12.7. The molecule has 3 rings (SSSR count). The van der Waals surface area contributed by atoms with Gasteiger partial charge >= 0.3 is 0 Å². The van der Waals surface area contributed by atoms with Gasteiger partial charge in [-0.1, -0.05) is 12.1 Å². The van der Waals surface area contributed by atoms with Gasteiger partial charge in [-0.05, 0) is 43.7 Å². The van der Waals surface area contributed by atoms with Crippen molar-refractivity contribution in [2.75, 3.05) is 17.3 Å². The minimum absolute atomic E-state index is 0.400. The number of carbonyl (C=O) groups excluding carboxylic acids is 2. The Hall–Kier alpha value is -2.89. The van der Waals surface area contributed by atoms with E-state index in [1.54, 1.807) is 31.4 Å². The Morgan fingerprint density at radius 3 is 2.83 bits per heavy atom. The lowest BCUT2D eigenvalue weighted by Crippen LogP contribution is -2.60. The van der Waals surface area contributed by atoms with E-state index in [4.69, 9.17) is 4.74 Å². The second-order valence-corrected chi connectivity index (χ2v) is 5.65. The third-order valence-electron chi connectivity index (χ3n) is 3.80. The van der Waals surface area contributed by atoms with Crippen LogP contribution < -0.4 is 15.0 Å². The van der Waals surface area contributed by atoms with Crippen LogP contribution in [0.1, 0.15) is 12.5 Å². The predicted octanol–water partition coefficient (Wildman–Crippen LogP) is 2.14. The van der Waals surface area contributed by atoms with Gasteiger partial charge in [0.2, 0.25) is 0 Å². The van der Waals surface area contributed by atoms with Crippen molar-refractivity contribution in [2.24, 2.45) is 0 Å². The third kappa shape index (κ3) is 2.52. The van der Waals surface area contributed by atoms with Gasteiger partial charge in [0.15, 0.2) is 11.6 Å². The van der Waals surface area contributed by atoms with Gasteiger partial charge in [-0.2, -0.15) is 0 Å². The number of hydrogen-bond donors (Lipinski definition) is 1. The van der Waals surface area contributed by atoms with Crippen LogP contribution in [0.5, 0.6) is 5.75 Å². The molecule has 0 spiro atoms. The Bertz CT molecular complexity index is 790. The van der Waals surface area contributed by atoms with Crippen molar-refractivity contribution >= 4 is 23.3 Å². The maximum absolute atomic E-state index is 12.7. The molecule has 0 aliphatic carbocycles. The number of amides is 2. The first kappa shape index (κ1) is 15.0. The molecule has 6 nitrogen and oxygen atoms in total. The van der Waals surface area contributed by atoms with E-state index in [1.165, 1.54) is 11.8 Å². The molecule has 1 aromatic carbocycles. The van der Waals surface area contributed by atoms with E-state index in [1.807, 2.05) is 25.1 Å². The molecule has 1 aliphatic heterocycles. The van der Waals surface area contributed by atoms with Gasteiger partial charge in [-0.3, -0.25) is 14.5 Å². The number of benzene rings is 1. The molecule has 0 saturated heterocycles. The van der Waals surface area contributed by atoms with Gasteiger partial charge in [0.25, 0.3) is 17.4 Å². The van der Waals surface area contributed by atoms with Gasteiger partial charge in [0.05, 0.1) is 0 Å². The molecule has 1 N–H and O–H groups in total. The monoisotopic (exact) mass is 311 g/mol. The Balaban J connectivity index is 1.92. The molecule has 1 aromatic heterocycles. The maximum Gasteiger partial charge on any atom is 0.281 e. The minimum atomic E-state index is -1.64. The van der Waals surface area contributed by atoms with Crippen LogP contribution in [-0.4, -0.2) is 29.4 Å². The molecule has 0 fully saturated rings. The number of fused-ring (bicyclic) bond motifs is 1. The number of nitrogens with one attached hydrogen (secondary N) is 1. The molecule has 0 bridgehead atoms. The van der Waals surface area contributed by atoms with Crippen LogP contribution in [0, 0.1) is 6.92 Å². The van der Waals surface area contributed by atoms with E-state index in [-0.39, 0.29) is 0 Å². The van der Waals surface area contributed by atoms with Crippen molar-refractivity contribution in [1.82, 2.24) is 4.98 Å². The number of carbonyl (C=O) groups is 2. The van der Waals surface area contributed by atoms with Gasteiger partial charge in [-0.15, -0.1) is 0 Å². The van der Waals surface area contributed by atoms with E-state index in [2.05, 4.69) is 10.3 Å². The summed E-state index contributed by atoms with van der Waals surface area (Å²) < 4.78 is 5.70. The van der Waals surface area contributed by atoms with Gasteiger partial charge in [0, 0.05) is 18.9 Å². The summed E-state index contributed by atoms with van der Waals surface area (Å²) in [6.07, 6.45) is 1.57. The number of nitrogens with zero attached hydrogens (tertiary/aromatic N) is 2. The van der Waals surface area contributed by atoms with E-state index in [9.17, 15) is 9.59 Å². The van der Waals surface area contributed by atoms with E-state index < -0.39 is 17.4 Å². The molecular formula is C17H17N3O3. The average molecular weight is 311 g/mol. The molecule has 118 valence electrons. The van der Waals surface area contributed by atoms with Crippen LogP contribution in [0.2, 0.25) is 0 Å². The highest BCUT2D eigenvalue weighted by atomic mass is 16.5. The smallest absolute Gasteiger partial charge is 0.281 e. The predicted molar refractivity (Wildman–Crippen MR) is 86.5 cm³/mol. The van der Waals surface area contributed by atoms with Crippen molar-refractivity contribution in [3.8, 4) is 5.75 Å². The summed E-state index contributed by atoms with van der Waals surface area (Å²) >= 11 is 0. The number of rotatable bonds is 2. The van der Waals surface area contributed by atoms with Crippen molar-refractivity contribution in [1.29, 1.82) is 0 Å². The normalized spacial score (nSPS) is 19.8. The number of ether oxygens (including phenoxy) is 1. The summed E-state index contributed by atoms with van der Waals surface area (Å²) in [5.41, 5.74) is -0.0168. The molecule has 2 aromatic rings. The van der Waals surface area contributed by atoms with Crippen LogP contribution in [-0.2, 0) is 9.59 Å². The third-order valence-corrected chi connectivity index (χ3v) is 3.80. The van der Waals surface area contributed by atoms with Crippen LogP contribution in [0.15, 0.2) is 42.6 Å². The summed E-state index contributed by atoms with van der Waals surface area (Å²) in [5.74, 6) is -0.182. The molecule has 6 heteroatoms. The first-order chi connectivity index (χ1) is 10.9. The molecule has 2 heterocycles. The lowest BCUT2D eigenvalue weighted by Gasteiger charge is -2.36. The first-order valence-corrected chi connectivity index (χ1v) is 7.22. The highest BCUT2D eigenvalue weighted by molar-refractivity contribution is 6.19. The van der Waals surface area contributed by atoms with Crippen LogP contribution >= 0.6 is 0 Å². The standard InChI is InChI=1S/C17H17N3O3/c1-11-6-4-7-12(10-11)19-15(21)17(2)16(22)20(3)14-13(23-17)8-5-9-18-14/h4-10H,1-3H3,(H,19,21)/t17-/m1/s1. The summed E-state index contributed by atoms with van der Waals surface area (Å²) in [7, 11) is 1.58. The Morgan fingerprint density at radius 2 is 2.09 bits per heavy atom. The average Bonchev–Trinajstić information content (AvgIpc) is 2.53. The van der Waals surface area contributed by atoms with E-state index in [0.29, 0.717) is 17.3 Å². The number of hydrogen-bond acceptors (Lipinski definition) is 4. The van der Waals surface area contributed by atoms with Gasteiger partial charge in [0.1, 0.15) is 0 Å². The molecule has 0 unspecified atom stereocenters. The molecule has 0 saturated carbocycles. The molecule has 2 amide bonds. The van der Waals surface area contributed by atoms with Gasteiger partial charge < -0.3 is 10.1 Å². The number of aromatic nitrogens is 1. The van der Waals surface area contributed by atoms with Crippen LogP contribution in [0.25, 0.3) is 0 Å². The van der Waals surface area contributed by atoms with E-state index in [0.717, 1.165) is 5.56 Å². The lowest BCUT2D eigenvalue weighted by atomic mass is 10.0. The molecule has 1 atom stereocenters. The fourth-order valence-electron chi connectivity index (χ4n) is 2.51. The summed E-state index contributed by atoms with van der Waals surface area (Å²) in [6.45, 7) is 3.39. The zero-order chi connectivity index (χ0) is 16.6. The van der Waals surface area contributed by atoms with Crippen LogP contribution in [0.3, 0.4) is 0 Å². The largest absolute Gasteiger partial charge is 0.464 e. The van der Waals surface area contributed by atoms with Crippen LogP contribution in [0.4, 0.5) is 11.5 Å². The summed E-state index contributed by atoms with van der Waals surface area (Å²) in [5, 5.41) is 2.74. The van der Waals surface area contributed by atoms with Crippen molar-refractivity contribution in [3.05, 3.63) is 48.2 Å². The SMILES string of the molecule is Cc1cccc(NC(=O)[C@@]2(C)Oc3cccnc3N(C)C2=O)c1.